The molecule has 8 atom stereocenters. The molecule has 4 fully saturated rings. The highest BCUT2D eigenvalue weighted by Gasteiger charge is 2.62. The third-order valence-corrected chi connectivity index (χ3v) is 10.5. The number of hydrogen-bond donors (Lipinski definition) is 1. The zero-order chi connectivity index (χ0) is 21.1. The van der Waals surface area contributed by atoms with Crippen LogP contribution in [0.4, 0.5) is 0 Å². The SMILES string of the molecule is CC[C@]12CC[C@@](C)(O)C[C@H]1CC[C@H]1[C@@H]3CC[C@H](C(=O)Cn4nccn4)[C@@]3(C)CC[C@@H]12. The number of nitrogens with zero attached hydrogens (tertiary/aromatic N) is 3. The highest BCUT2D eigenvalue weighted by atomic mass is 16.3. The Bertz CT molecular complexity index is 790. The molecule has 1 aromatic rings. The molecular formula is C25H39N3O2. The van der Waals surface area contributed by atoms with E-state index < -0.39 is 5.60 Å². The number of carbonyl (C=O) groups is 1. The summed E-state index contributed by atoms with van der Waals surface area (Å²) >= 11 is 0. The van der Waals surface area contributed by atoms with Crippen molar-refractivity contribution in [2.45, 2.75) is 97.1 Å². The molecule has 1 heterocycles. The Balaban J connectivity index is 1.38. The fourth-order valence-electron chi connectivity index (χ4n) is 9.05. The second-order valence-corrected chi connectivity index (χ2v) is 11.6. The van der Waals surface area contributed by atoms with E-state index in [0.717, 1.165) is 31.1 Å². The largest absolute Gasteiger partial charge is 0.390 e. The van der Waals surface area contributed by atoms with E-state index in [4.69, 9.17) is 0 Å². The van der Waals surface area contributed by atoms with Crippen molar-refractivity contribution in [3.8, 4) is 0 Å². The fraction of sp³-hybridized carbons (Fsp3) is 0.880. The summed E-state index contributed by atoms with van der Waals surface area (Å²) in [5.74, 6) is 3.42. The molecule has 0 aromatic carbocycles. The maximum absolute atomic E-state index is 13.2. The van der Waals surface area contributed by atoms with Crippen molar-refractivity contribution in [1.29, 1.82) is 0 Å². The second kappa shape index (κ2) is 7.15. The highest BCUT2D eigenvalue weighted by Crippen LogP contribution is 2.69. The van der Waals surface area contributed by atoms with Crippen molar-refractivity contribution in [2.24, 2.45) is 40.4 Å². The van der Waals surface area contributed by atoms with Gasteiger partial charge in [-0.15, -0.1) is 0 Å². The lowest BCUT2D eigenvalue weighted by molar-refractivity contribution is -0.158. The van der Waals surface area contributed by atoms with Crippen molar-refractivity contribution in [2.75, 3.05) is 0 Å². The highest BCUT2D eigenvalue weighted by molar-refractivity contribution is 5.82. The zero-order valence-electron chi connectivity index (χ0n) is 19.0. The summed E-state index contributed by atoms with van der Waals surface area (Å²) < 4.78 is 0. The average molecular weight is 414 g/mol. The number of fused-ring (bicyclic) bond motifs is 5. The predicted octanol–water partition coefficient (Wildman–Crippen LogP) is 4.65. The van der Waals surface area contributed by atoms with E-state index in [0.29, 0.717) is 29.6 Å². The van der Waals surface area contributed by atoms with E-state index in [1.807, 2.05) is 0 Å². The number of ketones is 1. The van der Waals surface area contributed by atoms with Gasteiger partial charge in [0.2, 0.25) is 0 Å². The maximum atomic E-state index is 13.2. The third-order valence-electron chi connectivity index (χ3n) is 10.5. The smallest absolute Gasteiger partial charge is 0.159 e. The van der Waals surface area contributed by atoms with Crippen LogP contribution in [0, 0.1) is 40.4 Å². The molecule has 0 bridgehead atoms. The molecule has 1 N–H and O–H groups in total. The van der Waals surface area contributed by atoms with Crippen LogP contribution < -0.4 is 0 Å². The summed E-state index contributed by atoms with van der Waals surface area (Å²) in [6.45, 7) is 7.21. The molecule has 4 saturated carbocycles. The molecule has 0 unspecified atom stereocenters. The molecule has 1 aromatic heterocycles. The standard InChI is InChI=1S/C25H39N3O2/c1-4-25-12-11-23(2,30)15-17(25)5-6-18-19-7-8-21(24(19,3)10-9-20(18)25)22(29)16-28-26-13-14-27-28/h13-14,17-21,30H,4-12,15-16H2,1-3H3/t17-,18+,19+,20+,21-,23-,24+,25+/m1/s1. The van der Waals surface area contributed by atoms with Crippen molar-refractivity contribution in [3.63, 3.8) is 0 Å². The monoisotopic (exact) mass is 413 g/mol. The van der Waals surface area contributed by atoms with E-state index in [1.54, 1.807) is 17.2 Å². The third kappa shape index (κ3) is 3.02. The van der Waals surface area contributed by atoms with Gasteiger partial charge in [-0.2, -0.15) is 15.0 Å². The molecule has 0 radical (unpaired) electrons. The number of Topliss-reactive ketones (excluding diaryl/α,β-unsaturated/α-hetero) is 1. The van der Waals surface area contributed by atoms with Gasteiger partial charge in [0.15, 0.2) is 5.78 Å². The normalized spacial score (nSPS) is 47.9. The number of hydrogen-bond acceptors (Lipinski definition) is 4. The van der Waals surface area contributed by atoms with Crippen LogP contribution >= 0.6 is 0 Å². The minimum absolute atomic E-state index is 0.146. The Labute approximate surface area is 181 Å². The quantitative estimate of drug-likeness (QED) is 0.780. The summed E-state index contributed by atoms with van der Waals surface area (Å²) in [5.41, 5.74) is 0.103. The lowest BCUT2D eigenvalue weighted by Crippen LogP contribution is -2.56. The van der Waals surface area contributed by atoms with Gasteiger partial charge >= 0.3 is 0 Å². The Hall–Kier alpha value is -1.23. The van der Waals surface area contributed by atoms with Gasteiger partial charge in [-0.25, -0.2) is 0 Å². The van der Waals surface area contributed by atoms with E-state index in [9.17, 15) is 9.90 Å². The van der Waals surface area contributed by atoms with Crippen LogP contribution in [0.2, 0.25) is 0 Å². The molecule has 166 valence electrons. The van der Waals surface area contributed by atoms with Crippen LogP contribution in [0.5, 0.6) is 0 Å². The van der Waals surface area contributed by atoms with Gasteiger partial charge in [0.1, 0.15) is 6.54 Å². The van der Waals surface area contributed by atoms with Gasteiger partial charge in [0.25, 0.3) is 0 Å². The van der Waals surface area contributed by atoms with Gasteiger partial charge in [-0.1, -0.05) is 13.8 Å². The summed E-state index contributed by atoms with van der Waals surface area (Å²) in [4.78, 5) is 14.8. The first-order chi connectivity index (χ1) is 14.3. The lowest BCUT2D eigenvalue weighted by atomic mass is 9.42. The summed E-state index contributed by atoms with van der Waals surface area (Å²) in [6.07, 6.45) is 15.0. The average Bonchev–Trinajstić information content (AvgIpc) is 3.34. The van der Waals surface area contributed by atoms with Crippen LogP contribution in [0.25, 0.3) is 0 Å². The molecular weight excluding hydrogens is 374 g/mol. The molecule has 0 amide bonds. The van der Waals surface area contributed by atoms with Crippen LogP contribution in [0.1, 0.15) is 85.0 Å². The predicted molar refractivity (Wildman–Crippen MR) is 115 cm³/mol. The van der Waals surface area contributed by atoms with Crippen LogP contribution in [-0.4, -0.2) is 31.5 Å². The van der Waals surface area contributed by atoms with E-state index in [2.05, 4.69) is 31.0 Å². The van der Waals surface area contributed by atoms with Gasteiger partial charge in [-0.05, 0) is 106 Å². The molecule has 0 aliphatic heterocycles. The molecule has 5 heteroatoms. The van der Waals surface area contributed by atoms with Crippen LogP contribution in [0.15, 0.2) is 12.4 Å². The summed E-state index contributed by atoms with van der Waals surface area (Å²) in [5, 5.41) is 19.1. The van der Waals surface area contributed by atoms with Gasteiger partial charge in [0, 0.05) is 5.92 Å². The Morgan fingerprint density at radius 1 is 1.03 bits per heavy atom. The van der Waals surface area contributed by atoms with Gasteiger partial charge in [0.05, 0.1) is 18.0 Å². The van der Waals surface area contributed by atoms with Crippen molar-refractivity contribution >= 4 is 5.78 Å². The molecule has 4 aliphatic carbocycles. The molecule has 0 spiro atoms. The van der Waals surface area contributed by atoms with Gasteiger partial charge in [-0.3, -0.25) is 4.79 Å². The first-order valence-corrected chi connectivity index (χ1v) is 12.4. The molecule has 0 saturated heterocycles. The van der Waals surface area contributed by atoms with E-state index >= 15 is 0 Å². The number of aliphatic hydroxyl groups is 1. The number of rotatable bonds is 4. The lowest BCUT2D eigenvalue weighted by Gasteiger charge is -2.63. The molecule has 4 aliphatic rings. The van der Waals surface area contributed by atoms with Crippen LogP contribution in [0.3, 0.4) is 0 Å². The molecule has 5 nitrogen and oxygen atoms in total. The van der Waals surface area contributed by atoms with E-state index in [-0.39, 0.29) is 11.3 Å². The number of carbonyl (C=O) groups excluding carboxylic acids is 1. The Morgan fingerprint density at radius 2 is 1.80 bits per heavy atom. The van der Waals surface area contributed by atoms with Crippen LogP contribution in [-0.2, 0) is 11.3 Å². The molecule has 5 rings (SSSR count). The first-order valence-electron chi connectivity index (χ1n) is 12.4. The topological polar surface area (TPSA) is 68.0 Å². The Kier molecular flexibility index (Phi) is 4.92. The van der Waals surface area contributed by atoms with Crippen molar-refractivity contribution in [1.82, 2.24) is 15.0 Å². The summed E-state index contributed by atoms with van der Waals surface area (Å²) in [6, 6.07) is 0. The minimum Gasteiger partial charge on any atom is -0.390 e. The fourth-order valence-corrected chi connectivity index (χ4v) is 9.05. The van der Waals surface area contributed by atoms with E-state index in [1.165, 1.54) is 44.9 Å². The number of aromatic nitrogens is 3. The van der Waals surface area contributed by atoms with Crippen molar-refractivity contribution in [3.05, 3.63) is 12.4 Å². The minimum atomic E-state index is -0.467. The summed E-state index contributed by atoms with van der Waals surface area (Å²) in [7, 11) is 0. The van der Waals surface area contributed by atoms with Crippen molar-refractivity contribution < 1.29 is 9.90 Å². The Morgan fingerprint density at radius 3 is 2.53 bits per heavy atom. The zero-order valence-corrected chi connectivity index (χ0v) is 19.0. The second-order valence-electron chi connectivity index (χ2n) is 11.6. The van der Waals surface area contributed by atoms with Gasteiger partial charge < -0.3 is 5.11 Å². The molecule has 30 heavy (non-hydrogen) atoms. The first kappa shape index (κ1) is 20.7. The maximum Gasteiger partial charge on any atom is 0.159 e.